The summed E-state index contributed by atoms with van der Waals surface area (Å²) >= 11 is 0. The third-order valence-electron chi connectivity index (χ3n) is 2.70. The lowest BCUT2D eigenvalue weighted by atomic mass is 10.2. The SMILES string of the molecule is Cc1ccc(S(=O)(=O)NCc2ncc(C)o2)c(C)c1. The Morgan fingerprint density at radius 1 is 1.26 bits per heavy atom. The van der Waals surface area contributed by atoms with Gasteiger partial charge < -0.3 is 4.42 Å². The largest absolute Gasteiger partial charge is 0.445 e. The van der Waals surface area contributed by atoms with Gasteiger partial charge in [-0.2, -0.15) is 0 Å². The van der Waals surface area contributed by atoms with E-state index in [1.165, 1.54) is 0 Å². The minimum Gasteiger partial charge on any atom is -0.445 e. The summed E-state index contributed by atoms with van der Waals surface area (Å²) in [6.07, 6.45) is 1.56. The van der Waals surface area contributed by atoms with Crippen LogP contribution < -0.4 is 4.72 Å². The number of rotatable bonds is 4. The Bertz CT molecular complexity index is 690. The maximum Gasteiger partial charge on any atom is 0.241 e. The highest BCUT2D eigenvalue weighted by atomic mass is 32.2. The molecule has 0 aliphatic carbocycles. The Balaban J connectivity index is 2.18. The summed E-state index contributed by atoms with van der Waals surface area (Å²) < 4.78 is 32.0. The maximum absolute atomic E-state index is 12.2. The van der Waals surface area contributed by atoms with Gasteiger partial charge in [0.2, 0.25) is 15.9 Å². The van der Waals surface area contributed by atoms with Crippen molar-refractivity contribution in [3.63, 3.8) is 0 Å². The fourth-order valence-electron chi connectivity index (χ4n) is 1.82. The van der Waals surface area contributed by atoms with Crippen molar-refractivity contribution in [2.75, 3.05) is 0 Å². The molecule has 0 aliphatic rings. The molecular formula is C13H16N2O3S. The Hall–Kier alpha value is -1.66. The number of oxazole rings is 1. The van der Waals surface area contributed by atoms with Gasteiger partial charge in [-0.05, 0) is 32.4 Å². The van der Waals surface area contributed by atoms with Crippen molar-refractivity contribution in [3.05, 3.63) is 47.2 Å². The normalized spacial score (nSPS) is 11.7. The molecule has 0 amide bonds. The van der Waals surface area contributed by atoms with Crippen LogP contribution >= 0.6 is 0 Å². The first kappa shape index (κ1) is 13.8. The van der Waals surface area contributed by atoms with Gasteiger partial charge in [0.1, 0.15) is 5.76 Å². The second-order valence-electron chi connectivity index (χ2n) is 4.46. The van der Waals surface area contributed by atoms with E-state index in [9.17, 15) is 8.42 Å². The van der Waals surface area contributed by atoms with Crippen LogP contribution in [0.5, 0.6) is 0 Å². The molecule has 1 aromatic carbocycles. The smallest absolute Gasteiger partial charge is 0.241 e. The molecule has 0 atom stereocenters. The molecular weight excluding hydrogens is 264 g/mol. The summed E-state index contributed by atoms with van der Waals surface area (Å²) in [4.78, 5) is 4.23. The second kappa shape index (κ2) is 5.14. The van der Waals surface area contributed by atoms with E-state index in [1.54, 1.807) is 32.2 Å². The summed E-state index contributed by atoms with van der Waals surface area (Å²) in [5, 5.41) is 0. The molecule has 0 aliphatic heterocycles. The highest BCUT2D eigenvalue weighted by Crippen LogP contribution is 2.16. The molecule has 1 heterocycles. The van der Waals surface area contributed by atoms with Crippen molar-refractivity contribution in [1.29, 1.82) is 0 Å². The van der Waals surface area contributed by atoms with Crippen molar-refractivity contribution in [3.8, 4) is 0 Å². The van der Waals surface area contributed by atoms with Crippen LogP contribution in [0, 0.1) is 20.8 Å². The average molecular weight is 280 g/mol. The lowest BCUT2D eigenvalue weighted by Gasteiger charge is -2.08. The maximum atomic E-state index is 12.2. The number of nitrogens with one attached hydrogen (secondary N) is 1. The van der Waals surface area contributed by atoms with Gasteiger partial charge in [0, 0.05) is 0 Å². The molecule has 0 fully saturated rings. The van der Waals surface area contributed by atoms with Crippen LogP contribution in [0.25, 0.3) is 0 Å². The van der Waals surface area contributed by atoms with Gasteiger partial charge in [-0.15, -0.1) is 0 Å². The number of hydrogen-bond acceptors (Lipinski definition) is 4. The predicted molar refractivity (Wildman–Crippen MR) is 71.2 cm³/mol. The highest BCUT2D eigenvalue weighted by molar-refractivity contribution is 7.89. The van der Waals surface area contributed by atoms with Crippen molar-refractivity contribution in [2.45, 2.75) is 32.2 Å². The van der Waals surface area contributed by atoms with Crippen LogP contribution in [-0.4, -0.2) is 13.4 Å². The second-order valence-corrected chi connectivity index (χ2v) is 6.19. The van der Waals surface area contributed by atoms with E-state index in [-0.39, 0.29) is 11.4 Å². The van der Waals surface area contributed by atoms with Crippen molar-refractivity contribution < 1.29 is 12.8 Å². The van der Waals surface area contributed by atoms with Gasteiger partial charge in [0.25, 0.3) is 0 Å². The zero-order chi connectivity index (χ0) is 14.0. The van der Waals surface area contributed by atoms with Crippen LogP contribution in [-0.2, 0) is 16.6 Å². The molecule has 0 saturated carbocycles. The molecule has 1 N–H and O–H groups in total. The summed E-state index contributed by atoms with van der Waals surface area (Å²) in [5.41, 5.74) is 1.75. The van der Waals surface area contributed by atoms with Gasteiger partial charge in [-0.25, -0.2) is 18.1 Å². The zero-order valence-corrected chi connectivity index (χ0v) is 11.9. The molecule has 19 heavy (non-hydrogen) atoms. The first-order chi connectivity index (χ1) is 8.88. The van der Waals surface area contributed by atoms with Gasteiger partial charge in [0.05, 0.1) is 17.6 Å². The van der Waals surface area contributed by atoms with E-state index < -0.39 is 10.0 Å². The minimum absolute atomic E-state index is 0.0451. The number of nitrogens with zero attached hydrogens (tertiary/aromatic N) is 1. The Labute approximate surface area is 112 Å². The molecule has 102 valence electrons. The molecule has 6 heteroatoms. The summed E-state index contributed by atoms with van der Waals surface area (Å²) in [6, 6.07) is 5.22. The third-order valence-corrected chi connectivity index (χ3v) is 4.26. The number of aromatic nitrogens is 1. The number of aryl methyl sites for hydroxylation is 3. The Morgan fingerprint density at radius 3 is 2.58 bits per heavy atom. The quantitative estimate of drug-likeness (QED) is 0.930. The molecule has 5 nitrogen and oxygen atoms in total. The van der Waals surface area contributed by atoms with Crippen molar-refractivity contribution in [1.82, 2.24) is 9.71 Å². The molecule has 0 unspecified atom stereocenters. The van der Waals surface area contributed by atoms with Gasteiger partial charge in [-0.3, -0.25) is 0 Å². The highest BCUT2D eigenvalue weighted by Gasteiger charge is 2.17. The Morgan fingerprint density at radius 2 is 2.00 bits per heavy atom. The molecule has 0 saturated heterocycles. The summed E-state index contributed by atoms with van der Waals surface area (Å²) in [5.74, 6) is 1.01. The zero-order valence-electron chi connectivity index (χ0n) is 11.1. The average Bonchev–Trinajstić information content (AvgIpc) is 2.72. The molecule has 2 rings (SSSR count). The van der Waals surface area contributed by atoms with Gasteiger partial charge >= 0.3 is 0 Å². The standard InChI is InChI=1S/C13H16N2O3S/c1-9-4-5-12(10(2)6-9)19(16,17)15-8-13-14-7-11(3)18-13/h4-7,15H,8H2,1-3H3. The van der Waals surface area contributed by atoms with E-state index in [0.29, 0.717) is 11.7 Å². The first-order valence-electron chi connectivity index (χ1n) is 5.87. The van der Waals surface area contributed by atoms with Gasteiger partial charge in [-0.1, -0.05) is 17.7 Å². The summed E-state index contributed by atoms with van der Waals surface area (Å²) in [6.45, 7) is 5.50. The van der Waals surface area contributed by atoms with Crippen molar-refractivity contribution >= 4 is 10.0 Å². The lowest BCUT2D eigenvalue weighted by molar-refractivity contribution is 0.463. The molecule has 2 aromatic rings. The molecule has 0 radical (unpaired) electrons. The fourth-order valence-corrected chi connectivity index (χ4v) is 3.02. The monoisotopic (exact) mass is 280 g/mol. The topological polar surface area (TPSA) is 72.2 Å². The Kier molecular flexibility index (Phi) is 3.73. The van der Waals surface area contributed by atoms with Crippen LogP contribution in [0.2, 0.25) is 0 Å². The summed E-state index contributed by atoms with van der Waals surface area (Å²) in [7, 11) is -3.55. The van der Waals surface area contributed by atoms with E-state index in [4.69, 9.17) is 4.42 Å². The number of benzene rings is 1. The molecule has 1 aromatic heterocycles. The van der Waals surface area contributed by atoms with E-state index >= 15 is 0 Å². The van der Waals surface area contributed by atoms with E-state index in [2.05, 4.69) is 9.71 Å². The molecule has 0 bridgehead atoms. The van der Waals surface area contributed by atoms with Gasteiger partial charge in [0.15, 0.2) is 0 Å². The van der Waals surface area contributed by atoms with Crippen LogP contribution in [0.15, 0.2) is 33.7 Å². The van der Waals surface area contributed by atoms with E-state index in [0.717, 1.165) is 11.1 Å². The van der Waals surface area contributed by atoms with Crippen LogP contribution in [0.3, 0.4) is 0 Å². The number of sulfonamides is 1. The third kappa shape index (κ3) is 3.21. The predicted octanol–water partition coefficient (Wildman–Crippen LogP) is 2.08. The van der Waals surface area contributed by atoms with Crippen LogP contribution in [0.1, 0.15) is 22.8 Å². The lowest BCUT2D eigenvalue weighted by Crippen LogP contribution is -2.24. The number of hydrogen-bond donors (Lipinski definition) is 1. The van der Waals surface area contributed by atoms with Crippen molar-refractivity contribution in [2.24, 2.45) is 0 Å². The first-order valence-corrected chi connectivity index (χ1v) is 7.35. The van der Waals surface area contributed by atoms with Crippen LogP contribution in [0.4, 0.5) is 0 Å². The fraction of sp³-hybridized carbons (Fsp3) is 0.308. The molecule has 0 spiro atoms. The minimum atomic E-state index is -3.55. The van der Waals surface area contributed by atoms with E-state index in [1.807, 2.05) is 13.0 Å².